The first kappa shape index (κ1) is 12.1. The van der Waals surface area contributed by atoms with Gasteiger partial charge in [0.05, 0.1) is 18.1 Å². The van der Waals surface area contributed by atoms with Crippen LogP contribution in [0.3, 0.4) is 0 Å². The molecule has 0 radical (unpaired) electrons. The van der Waals surface area contributed by atoms with Crippen LogP contribution >= 0.6 is 7.80 Å². The Morgan fingerprint density at radius 2 is 2.11 bits per heavy atom. The lowest BCUT2D eigenvalue weighted by molar-refractivity contribution is 0.289. The number of pyridine rings is 1. The first-order valence-corrected chi connectivity index (χ1v) is 7.23. The Balaban J connectivity index is 2.02. The average molecular weight is 277 g/mol. The van der Waals surface area contributed by atoms with Gasteiger partial charge in [-0.15, -0.1) is 0 Å². The molecule has 0 spiro atoms. The molecule has 2 aromatic rings. The van der Waals surface area contributed by atoms with Crippen molar-refractivity contribution in [3.8, 4) is 17.4 Å². The van der Waals surface area contributed by atoms with Crippen molar-refractivity contribution >= 4 is 13.1 Å². The normalized spacial score (nSPS) is 20.7. The van der Waals surface area contributed by atoms with Crippen LogP contribution in [0.2, 0.25) is 0 Å². The Hall–Kier alpha value is -2.00. The third-order valence-corrected chi connectivity index (χ3v) is 4.84. The summed E-state index contributed by atoms with van der Waals surface area (Å²) in [7, 11) is -0.780. The molecule has 6 heteroatoms. The van der Waals surface area contributed by atoms with Gasteiger partial charge in [-0.25, -0.2) is 4.98 Å². The second kappa shape index (κ2) is 4.59. The molecule has 3 rings (SSSR count). The predicted molar refractivity (Wildman–Crippen MR) is 70.9 cm³/mol. The van der Waals surface area contributed by atoms with Crippen LogP contribution in [-0.2, 0) is 4.57 Å². The molecule has 0 bridgehead atoms. The lowest BCUT2D eigenvalue weighted by atomic mass is 10.3. The molecule has 2 heterocycles. The number of rotatable bonds is 2. The molecule has 5 nitrogen and oxygen atoms in total. The maximum atomic E-state index is 12.4. The summed E-state index contributed by atoms with van der Waals surface area (Å²) in [5.41, 5.74) is 0.541. The van der Waals surface area contributed by atoms with Crippen molar-refractivity contribution in [3.63, 3.8) is 0 Å². The summed E-state index contributed by atoms with van der Waals surface area (Å²) in [6.07, 6.45) is 0. The van der Waals surface area contributed by atoms with E-state index in [4.69, 9.17) is 9.47 Å². The third kappa shape index (κ3) is 1.96. The number of ether oxygens (including phenoxy) is 2. The largest absolute Gasteiger partial charge is 0.507 e. The number of phenols is 1. The predicted octanol–water partition coefficient (Wildman–Crippen LogP) is 2.07. The molecule has 0 amide bonds. The van der Waals surface area contributed by atoms with Crippen molar-refractivity contribution in [1.82, 2.24) is 4.98 Å². The summed E-state index contributed by atoms with van der Waals surface area (Å²) >= 11 is 0. The van der Waals surface area contributed by atoms with E-state index >= 15 is 0 Å². The quantitative estimate of drug-likeness (QED) is 0.851. The molecule has 19 heavy (non-hydrogen) atoms. The van der Waals surface area contributed by atoms with Crippen molar-refractivity contribution in [3.05, 3.63) is 42.1 Å². The van der Waals surface area contributed by atoms with Gasteiger partial charge in [0.1, 0.15) is 11.5 Å². The fraction of sp³-hybridized carbons (Fsp3) is 0.154. The van der Waals surface area contributed by atoms with Crippen LogP contribution in [0.5, 0.6) is 17.4 Å². The number of aromatic nitrogens is 1. The fourth-order valence-electron chi connectivity index (χ4n) is 2.06. The first-order chi connectivity index (χ1) is 9.20. The number of fused-ring (bicyclic) bond motifs is 1. The molecule has 1 aromatic heterocycles. The number of phenolic OH excluding ortho intramolecular Hbond substituents is 1. The van der Waals surface area contributed by atoms with Gasteiger partial charge >= 0.3 is 0 Å². The number of hydrogen-bond acceptors (Lipinski definition) is 5. The monoisotopic (exact) mass is 277 g/mol. The van der Waals surface area contributed by atoms with E-state index in [-0.39, 0.29) is 5.75 Å². The summed E-state index contributed by atoms with van der Waals surface area (Å²) in [6.45, 7) is 0. The number of nitrogens with zero attached hydrogens (tertiary/aromatic N) is 1. The van der Waals surface area contributed by atoms with Crippen LogP contribution in [0.15, 0.2) is 36.4 Å². The zero-order chi connectivity index (χ0) is 13.4. The topological polar surface area (TPSA) is 68.7 Å². The molecule has 98 valence electrons. The highest BCUT2D eigenvalue weighted by molar-refractivity contribution is 7.54. The van der Waals surface area contributed by atoms with Gasteiger partial charge in [0.15, 0.2) is 13.6 Å². The zero-order valence-electron chi connectivity index (χ0n) is 10.2. The number of hydrogen-bond donors (Lipinski definition) is 1. The van der Waals surface area contributed by atoms with Gasteiger partial charge in [-0.2, -0.15) is 0 Å². The smallest absolute Gasteiger partial charge is 0.213 e. The standard InChI is InChI=1S/C13H12NO4P/c1-17-11-7-2-4-8(14-11)13-18-10-6-3-5-9(15)12(10)19(13)16/h2-7,13,15,19H,1H3/t13-/m1/s1. The molecule has 2 atom stereocenters. The van der Waals surface area contributed by atoms with Gasteiger partial charge in [-0.1, -0.05) is 12.1 Å². The van der Waals surface area contributed by atoms with Crippen LogP contribution in [0, 0.1) is 0 Å². The van der Waals surface area contributed by atoms with Gasteiger partial charge in [0, 0.05) is 6.07 Å². The van der Waals surface area contributed by atoms with Crippen LogP contribution in [0.25, 0.3) is 0 Å². The molecule has 0 fully saturated rings. The van der Waals surface area contributed by atoms with Crippen molar-refractivity contribution in [1.29, 1.82) is 0 Å². The summed E-state index contributed by atoms with van der Waals surface area (Å²) in [5, 5.41) is 10.2. The highest BCUT2D eigenvalue weighted by Crippen LogP contribution is 2.51. The van der Waals surface area contributed by atoms with Crippen molar-refractivity contribution in [2.75, 3.05) is 7.11 Å². The summed E-state index contributed by atoms with van der Waals surface area (Å²) in [4.78, 5) is 4.23. The van der Waals surface area contributed by atoms with Crippen LogP contribution in [0.4, 0.5) is 0 Å². The van der Waals surface area contributed by atoms with Crippen molar-refractivity contribution < 1.29 is 19.1 Å². The zero-order valence-corrected chi connectivity index (χ0v) is 11.2. The van der Waals surface area contributed by atoms with E-state index in [1.165, 1.54) is 13.2 Å². The van der Waals surface area contributed by atoms with Gasteiger partial charge in [0.25, 0.3) is 0 Å². The van der Waals surface area contributed by atoms with Crippen molar-refractivity contribution in [2.24, 2.45) is 0 Å². The molecule has 1 aromatic carbocycles. The second-order valence-corrected chi connectivity index (χ2v) is 5.87. The molecule has 1 unspecified atom stereocenters. The Morgan fingerprint density at radius 1 is 1.32 bits per heavy atom. The van der Waals surface area contributed by atoms with Crippen LogP contribution in [-0.4, -0.2) is 17.2 Å². The van der Waals surface area contributed by atoms with E-state index < -0.39 is 13.6 Å². The average Bonchev–Trinajstić information content (AvgIpc) is 2.77. The third-order valence-electron chi connectivity index (χ3n) is 2.96. The Labute approximate surface area is 110 Å². The lowest BCUT2D eigenvalue weighted by Gasteiger charge is -2.10. The minimum atomic E-state index is -2.30. The summed E-state index contributed by atoms with van der Waals surface area (Å²) in [5.74, 6) is 0.254. The Kier molecular flexibility index (Phi) is 2.91. The van der Waals surface area contributed by atoms with Gasteiger partial charge in [-0.05, 0) is 18.2 Å². The van der Waals surface area contributed by atoms with Crippen LogP contribution < -0.4 is 14.8 Å². The molecule has 1 N–H and O–H groups in total. The molecule has 0 saturated heterocycles. The van der Waals surface area contributed by atoms with Gasteiger partial charge in [0.2, 0.25) is 5.88 Å². The molecule has 1 aliphatic heterocycles. The molecular weight excluding hydrogens is 265 g/mol. The molecular formula is C13H12NO4P. The summed E-state index contributed by atoms with van der Waals surface area (Å²) < 4.78 is 23.1. The SMILES string of the molecule is COc1cccc([C@@H]2Oc3cccc(O)c3[PH]2=O)n1. The van der Waals surface area contributed by atoms with E-state index in [1.807, 2.05) is 0 Å². The lowest BCUT2D eigenvalue weighted by Crippen LogP contribution is -2.02. The Morgan fingerprint density at radius 3 is 2.84 bits per heavy atom. The maximum Gasteiger partial charge on any atom is 0.213 e. The van der Waals surface area contributed by atoms with E-state index in [2.05, 4.69) is 4.98 Å². The Bertz CT molecular complexity index is 659. The number of aromatic hydroxyl groups is 1. The molecule has 0 saturated carbocycles. The summed E-state index contributed by atoms with van der Waals surface area (Å²) in [6, 6.07) is 10.1. The number of methoxy groups -OCH3 is 1. The van der Waals surface area contributed by atoms with E-state index in [9.17, 15) is 9.67 Å². The highest BCUT2D eigenvalue weighted by Gasteiger charge is 2.35. The second-order valence-electron chi connectivity index (χ2n) is 4.12. The number of benzene rings is 1. The molecule has 0 aliphatic carbocycles. The molecule has 1 aliphatic rings. The minimum absolute atomic E-state index is 0.00628. The van der Waals surface area contributed by atoms with E-state index in [0.717, 1.165) is 0 Å². The van der Waals surface area contributed by atoms with Gasteiger partial charge < -0.3 is 19.1 Å². The van der Waals surface area contributed by atoms with Crippen molar-refractivity contribution in [2.45, 2.75) is 5.85 Å². The maximum absolute atomic E-state index is 12.4. The van der Waals surface area contributed by atoms with E-state index in [0.29, 0.717) is 22.6 Å². The minimum Gasteiger partial charge on any atom is -0.507 e. The van der Waals surface area contributed by atoms with E-state index in [1.54, 1.807) is 30.3 Å². The highest BCUT2D eigenvalue weighted by atomic mass is 31.1. The van der Waals surface area contributed by atoms with Crippen LogP contribution in [0.1, 0.15) is 11.5 Å². The fourth-order valence-corrected chi connectivity index (χ4v) is 3.71. The van der Waals surface area contributed by atoms with Gasteiger partial charge in [-0.3, -0.25) is 0 Å². The first-order valence-electron chi connectivity index (χ1n) is 5.74.